The van der Waals surface area contributed by atoms with Gasteiger partial charge in [-0.2, -0.15) is 0 Å². The van der Waals surface area contributed by atoms with Crippen molar-refractivity contribution >= 4 is 5.82 Å². The van der Waals surface area contributed by atoms with Crippen molar-refractivity contribution in [3.05, 3.63) is 11.9 Å². The number of rotatable bonds is 4. The van der Waals surface area contributed by atoms with Crippen LogP contribution in [0.2, 0.25) is 0 Å². The predicted molar refractivity (Wildman–Crippen MR) is 68.3 cm³/mol. The molecule has 0 spiro atoms. The molecule has 0 aromatic carbocycles. The van der Waals surface area contributed by atoms with Crippen LogP contribution >= 0.6 is 0 Å². The smallest absolute Gasteiger partial charge is 0.221 e. The van der Waals surface area contributed by atoms with Gasteiger partial charge in [-0.05, 0) is 25.2 Å². The maximum Gasteiger partial charge on any atom is 0.221 e. The van der Waals surface area contributed by atoms with E-state index in [1.54, 1.807) is 13.4 Å². The summed E-state index contributed by atoms with van der Waals surface area (Å²) in [6.45, 7) is 5.33. The lowest BCUT2D eigenvalue weighted by Crippen LogP contribution is -2.17. The number of nitrogens with zero attached hydrogens (tertiary/aromatic N) is 2. The molecule has 1 aromatic rings. The molecular formula is C13H21N3O. The average molecular weight is 235 g/mol. The van der Waals surface area contributed by atoms with Gasteiger partial charge in [0.15, 0.2) is 0 Å². The number of nitrogens with one attached hydrogen (secondary N) is 1. The summed E-state index contributed by atoms with van der Waals surface area (Å²) in [6, 6.07) is 0. The normalized spacial score (nSPS) is 23.7. The van der Waals surface area contributed by atoms with Gasteiger partial charge in [-0.25, -0.2) is 9.97 Å². The SMILES string of the molecule is COc1ncnc(NCC2CCCC2C)c1C. The highest BCUT2D eigenvalue weighted by molar-refractivity contribution is 5.47. The van der Waals surface area contributed by atoms with Crippen molar-refractivity contribution in [2.75, 3.05) is 19.0 Å². The fraction of sp³-hybridized carbons (Fsp3) is 0.692. The molecule has 2 rings (SSSR count). The minimum Gasteiger partial charge on any atom is -0.481 e. The fourth-order valence-electron chi connectivity index (χ4n) is 2.57. The van der Waals surface area contributed by atoms with Gasteiger partial charge >= 0.3 is 0 Å². The van der Waals surface area contributed by atoms with E-state index in [0.717, 1.165) is 29.8 Å². The molecule has 0 amide bonds. The lowest BCUT2D eigenvalue weighted by atomic mass is 9.98. The molecule has 1 aromatic heterocycles. The second-order valence-electron chi connectivity index (χ2n) is 4.91. The lowest BCUT2D eigenvalue weighted by Gasteiger charge is -2.17. The van der Waals surface area contributed by atoms with Crippen LogP contribution in [-0.4, -0.2) is 23.6 Å². The van der Waals surface area contributed by atoms with Gasteiger partial charge in [-0.3, -0.25) is 0 Å². The zero-order chi connectivity index (χ0) is 12.3. The Bertz CT molecular complexity index is 381. The molecule has 4 nitrogen and oxygen atoms in total. The Morgan fingerprint density at radius 1 is 1.41 bits per heavy atom. The largest absolute Gasteiger partial charge is 0.481 e. The first-order valence-corrected chi connectivity index (χ1v) is 6.31. The van der Waals surface area contributed by atoms with Gasteiger partial charge in [-0.15, -0.1) is 0 Å². The Balaban J connectivity index is 1.99. The van der Waals surface area contributed by atoms with E-state index < -0.39 is 0 Å². The first-order valence-electron chi connectivity index (χ1n) is 6.31. The number of hydrogen-bond donors (Lipinski definition) is 1. The molecule has 0 aliphatic heterocycles. The van der Waals surface area contributed by atoms with E-state index >= 15 is 0 Å². The molecule has 0 radical (unpaired) electrons. The quantitative estimate of drug-likeness (QED) is 0.871. The minimum atomic E-state index is 0.655. The molecule has 0 saturated heterocycles. The van der Waals surface area contributed by atoms with Crippen molar-refractivity contribution in [2.24, 2.45) is 11.8 Å². The summed E-state index contributed by atoms with van der Waals surface area (Å²) in [7, 11) is 1.64. The Kier molecular flexibility index (Phi) is 3.82. The molecule has 2 unspecified atom stereocenters. The third-order valence-corrected chi connectivity index (χ3v) is 3.80. The van der Waals surface area contributed by atoms with Gasteiger partial charge in [0.25, 0.3) is 0 Å². The summed E-state index contributed by atoms with van der Waals surface area (Å²) in [5, 5.41) is 3.43. The van der Waals surface area contributed by atoms with Crippen molar-refractivity contribution < 1.29 is 4.74 Å². The Hall–Kier alpha value is -1.32. The molecular weight excluding hydrogens is 214 g/mol. The van der Waals surface area contributed by atoms with Crippen molar-refractivity contribution in [3.8, 4) is 5.88 Å². The van der Waals surface area contributed by atoms with Crippen molar-refractivity contribution in [3.63, 3.8) is 0 Å². The van der Waals surface area contributed by atoms with Crippen LogP contribution in [-0.2, 0) is 0 Å². The number of anilines is 1. The Morgan fingerprint density at radius 2 is 2.24 bits per heavy atom. The number of hydrogen-bond acceptors (Lipinski definition) is 4. The van der Waals surface area contributed by atoms with E-state index in [1.165, 1.54) is 19.3 Å². The molecule has 1 heterocycles. The minimum absolute atomic E-state index is 0.655. The topological polar surface area (TPSA) is 47.0 Å². The molecule has 2 atom stereocenters. The van der Waals surface area contributed by atoms with Gasteiger partial charge in [0.1, 0.15) is 12.1 Å². The van der Waals surface area contributed by atoms with Crippen molar-refractivity contribution in [1.82, 2.24) is 9.97 Å². The van der Waals surface area contributed by atoms with Crippen LogP contribution < -0.4 is 10.1 Å². The summed E-state index contributed by atoms with van der Waals surface area (Å²) < 4.78 is 5.19. The number of methoxy groups -OCH3 is 1. The molecule has 1 aliphatic rings. The highest BCUT2D eigenvalue weighted by Gasteiger charge is 2.23. The lowest BCUT2D eigenvalue weighted by molar-refractivity contribution is 0.393. The molecule has 1 fully saturated rings. The molecule has 1 aliphatic carbocycles. The summed E-state index contributed by atoms with van der Waals surface area (Å²) in [5.41, 5.74) is 0.987. The summed E-state index contributed by atoms with van der Waals surface area (Å²) >= 11 is 0. The van der Waals surface area contributed by atoms with E-state index in [-0.39, 0.29) is 0 Å². The third kappa shape index (κ3) is 2.68. The molecule has 17 heavy (non-hydrogen) atoms. The van der Waals surface area contributed by atoms with Crippen LogP contribution in [0.1, 0.15) is 31.7 Å². The summed E-state index contributed by atoms with van der Waals surface area (Å²) in [6.07, 6.45) is 5.60. The Morgan fingerprint density at radius 3 is 2.88 bits per heavy atom. The van der Waals surface area contributed by atoms with Gasteiger partial charge < -0.3 is 10.1 Å². The van der Waals surface area contributed by atoms with Crippen LogP contribution in [0.5, 0.6) is 5.88 Å². The van der Waals surface area contributed by atoms with Crippen LogP contribution in [0.4, 0.5) is 5.82 Å². The number of ether oxygens (including phenoxy) is 1. The van der Waals surface area contributed by atoms with Crippen molar-refractivity contribution in [2.45, 2.75) is 33.1 Å². The predicted octanol–water partition coefficient (Wildman–Crippen LogP) is 2.64. The maximum atomic E-state index is 5.19. The van der Waals surface area contributed by atoms with E-state index in [0.29, 0.717) is 5.88 Å². The second-order valence-corrected chi connectivity index (χ2v) is 4.91. The molecule has 4 heteroatoms. The number of aromatic nitrogens is 2. The standard InChI is InChI=1S/C13H21N3O/c1-9-5-4-6-11(9)7-14-12-10(2)13(17-3)16-8-15-12/h8-9,11H,4-7H2,1-3H3,(H,14,15,16). The monoisotopic (exact) mass is 235 g/mol. The first-order chi connectivity index (χ1) is 8.22. The van der Waals surface area contributed by atoms with Gasteiger partial charge in [0.2, 0.25) is 5.88 Å². The van der Waals surface area contributed by atoms with E-state index in [4.69, 9.17) is 4.74 Å². The van der Waals surface area contributed by atoms with Crippen LogP contribution in [0.3, 0.4) is 0 Å². The average Bonchev–Trinajstić information content (AvgIpc) is 2.74. The first kappa shape index (κ1) is 12.1. The Labute approximate surface area is 103 Å². The second kappa shape index (κ2) is 5.34. The summed E-state index contributed by atoms with van der Waals surface area (Å²) in [5.74, 6) is 3.15. The highest BCUT2D eigenvalue weighted by atomic mass is 16.5. The van der Waals surface area contributed by atoms with Crippen LogP contribution in [0, 0.1) is 18.8 Å². The van der Waals surface area contributed by atoms with Crippen LogP contribution in [0.25, 0.3) is 0 Å². The van der Waals surface area contributed by atoms with E-state index in [9.17, 15) is 0 Å². The maximum absolute atomic E-state index is 5.19. The van der Waals surface area contributed by atoms with Gasteiger partial charge in [0, 0.05) is 6.54 Å². The van der Waals surface area contributed by atoms with Gasteiger partial charge in [-0.1, -0.05) is 19.8 Å². The highest BCUT2D eigenvalue weighted by Crippen LogP contribution is 2.31. The molecule has 0 bridgehead atoms. The summed E-state index contributed by atoms with van der Waals surface area (Å²) in [4.78, 5) is 8.35. The van der Waals surface area contributed by atoms with E-state index in [1.807, 2.05) is 6.92 Å². The van der Waals surface area contributed by atoms with E-state index in [2.05, 4.69) is 22.2 Å². The zero-order valence-corrected chi connectivity index (χ0v) is 10.9. The fourth-order valence-corrected chi connectivity index (χ4v) is 2.57. The molecule has 94 valence electrons. The molecule has 1 saturated carbocycles. The van der Waals surface area contributed by atoms with Crippen LogP contribution in [0.15, 0.2) is 6.33 Å². The third-order valence-electron chi connectivity index (χ3n) is 3.80. The van der Waals surface area contributed by atoms with Gasteiger partial charge in [0.05, 0.1) is 12.7 Å². The zero-order valence-electron chi connectivity index (χ0n) is 10.9. The van der Waals surface area contributed by atoms with Crippen molar-refractivity contribution in [1.29, 1.82) is 0 Å². The molecule has 1 N–H and O–H groups in total.